The summed E-state index contributed by atoms with van der Waals surface area (Å²) in [5, 5.41) is 31.7. The fourth-order valence-electron chi connectivity index (χ4n) is 1.65. The highest BCUT2D eigenvalue weighted by Gasteiger charge is 2.05. The van der Waals surface area contributed by atoms with Crippen LogP contribution < -0.4 is 5.32 Å². The van der Waals surface area contributed by atoms with Crippen molar-refractivity contribution in [2.75, 3.05) is 5.32 Å². The lowest BCUT2D eigenvalue weighted by molar-refractivity contribution is 0.478. The lowest BCUT2D eigenvalue weighted by Crippen LogP contribution is -1.92. The molecular formula is C14H9N3O. The Hall–Kier alpha value is -2.98. The summed E-state index contributed by atoms with van der Waals surface area (Å²) in [5.74, 6) is 0.0696. The molecule has 0 aliphatic rings. The largest absolute Gasteiger partial charge is 0.506 e. The quantitative estimate of drug-likeness (QED) is 0.619. The van der Waals surface area contributed by atoms with Gasteiger partial charge in [-0.1, -0.05) is 30.3 Å². The van der Waals surface area contributed by atoms with Gasteiger partial charge in [0.15, 0.2) is 0 Å². The van der Waals surface area contributed by atoms with E-state index in [-0.39, 0.29) is 11.3 Å². The monoisotopic (exact) mass is 235 g/mol. The number of rotatable bonds is 2. The maximum atomic E-state index is 9.81. The topological polar surface area (TPSA) is 79.8 Å². The molecule has 0 saturated carbocycles. The summed E-state index contributed by atoms with van der Waals surface area (Å²) in [6.07, 6.45) is 1.28. The molecule has 0 unspecified atom stereocenters. The molecule has 0 aromatic heterocycles. The van der Waals surface area contributed by atoms with E-state index in [4.69, 9.17) is 10.5 Å². The van der Waals surface area contributed by atoms with Crippen molar-refractivity contribution < 1.29 is 5.11 Å². The predicted octanol–water partition coefficient (Wildman–Crippen LogP) is 2.89. The number of hydrogen-bond donors (Lipinski definition) is 2. The summed E-state index contributed by atoms with van der Waals surface area (Å²) < 4.78 is 0. The van der Waals surface area contributed by atoms with Crippen LogP contribution >= 0.6 is 0 Å². The molecule has 0 bridgehead atoms. The molecule has 2 aromatic carbocycles. The van der Waals surface area contributed by atoms with Gasteiger partial charge in [-0.2, -0.15) is 10.5 Å². The molecule has 18 heavy (non-hydrogen) atoms. The van der Waals surface area contributed by atoms with Gasteiger partial charge in [0.2, 0.25) is 0 Å². The highest BCUT2D eigenvalue weighted by Crippen LogP contribution is 2.32. The number of phenolic OH excluding ortho intramolecular Hbond substituents is 1. The van der Waals surface area contributed by atoms with Gasteiger partial charge >= 0.3 is 0 Å². The van der Waals surface area contributed by atoms with Crippen LogP contribution in [0.5, 0.6) is 5.75 Å². The van der Waals surface area contributed by atoms with Crippen LogP contribution in [-0.2, 0) is 0 Å². The first-order valence-electron chi connectivity index (χ1n) is 5.24. The number of nitrogens with zero attached hydrogens (tertiary/aromatic N) is 2. The molecule has 2 N–H and O–H groups in total. The average Bonchev–Trinajstić information content (AvgIpc) is 2.42. The van der Waals surface area contributed by atoms with E-state index in [1.807, 2.05) is 24.3 Å². The Kier molecular flexibility index (Phi) is 3.13. The molecule has 0 spiro atoms. The molecule has 0 radical (unpaired) electrons. The van der Waals surface area contributed by atoms with E-state index in [0.29, 0.717) is 5.69 Å². The van der Waals surface area contributed by atoms with Gasteiger partial charge < -0.3 is 10.4 Å². The Morgan fingerprint density at radius 1 is 1.11 bits per heavy atom. The first-order valence-corrected chi connectivity index (χ1v) is 5.24. The number of fused-ring (bicyclic) bond motifs is 1. The Morgan fingerprint density at radius 2 is 1.83 bits per heavy atom. The molecule has 86 valence electrons. The van der Waals surface area contributed by atoms with Crippen molar-refractivity contribution in [2.24, 2.45) is 0 Å². The zero-order valence-electron chi connectivity index (χ0n) is 9.38. The first kappa shape index (κ1) is 11.5. The fourth-order valence-corrected chi connectivity index (χ4v) is 1.65. The van der Waals surface area contributed by atoms with Gasteiger partial charge in [-0.25, -0.2) is 0 Å². The van der Waals surface area contributed by atoms with Crippen LogP contribution in [0.4, 0.5) is 5.69 Å². The molecule has 0 atom stereocenters. The van der Waals surface area contributed by atoms with Crippen LogP contribution in [0.3, 0.4) is 0 Å². The second-order valence-electron chi connectivity index (χ2n) is 3.61. The highest BCUT2D eigenvalue weighted by molar-refractivity contribution is 5.97. The standard InChI is InChI=1S/C14H9N3O/c15-7-10(8-16)9-17-14-12-4-2-1-3-11(12)5-6-13(14)18/h1-6,9,17-18H. The zero-order chi connectivity index (χ0) is 13.0. The van der Waals surface area contributed by atoms with E-state index in [0.717, 1.165) is 10.8 Å². The van der Waals surface area contributed by atoms with E-state index in [1.54, 1.807) is 24.3 Å². The molecule has 0 aliphatic carbocycles. The molecular weight excluding hydrogens is 226 g/mol. The molecule has 0 amide bonds. The van der Waals surface area contributed by atoms with Crippen molar-refractivity contribution in [3.8, 4) is 17.9 Å². The number of allylic oxidation sites excluding steroid dienone is 1. The second-order valence-corrected chi connectivity index (χ2v) is 3.61. The molecule has 2 rings (SSSR count). The normalized spacial score (nSPS) is 9.22. The number of anilines is 1. The second kappa shape index (κ2) is 4.90. The van der Waals surface area contributed by atoms with Crippen LogP contribution in [0.15, 0.2) is 48.2 Å². The lowest BCUT2D eigenvalue weighted by atomic mass is 10.1. The van der Waals surface area contributed by atoms with E-state index >= 15 is 0 Å². The number of phenols is 1. The molecule has 0 aliphatic heterocycles. The van der Waals surface area contributed by atoms with Crippen molar-refractivity contribution >= 4 is 16.5 Å². The van der Waals surface area contributed by atoms with Crippen LogP contribution in [0, 0.1) is 22.7 Å². The molecule has 2 aromatic rings. The van der Waals surface area contributed by atoms with Crippen molar-refractivity contribution in [1.82, 2.24) is 0 Å². The first-order chi connectivity index (χ1) is 8.76. The van der Waals surface area contributed by atoms with Gasteiger partial charge in [-0.3, -0.25) is 0 Å². The van der Waals surface area contributed by atoms with E-state index in [1.165, 1.54) is 6.20 Å². The smallest absolute Gasteiger partial charge is 0.145 e. The summed E-state index contributed by atoms with van der Waals surface area (Å²) in [6, 6.07) is 14.4. The number of aromatic hydroxyl groups is 1. The Bertz CT molecular complexity index is 689. The van der Waals surface area contributed by atoms with Gasteiger partial charge in [0.1, 0.15) is 23.5 Å². The third-order valence-corrected chi connectivity index (χ3v) is 2.51. The summed E-state index contributed by atoms with van der Waals surface area (Å²) in [5.41, 5.74) is 0.429. The minimum atomic E-state index is -0.0534. The van der Waals surface area contributed by atoms with Gasteiger partial charge in [-0.05, 0) is 11.5 Å². The minimum absolute atomic E-state index is 0.0534. The fraction of sp³-hybridized carbons (Fsp3) is 0. The maximum Gasteiger partial charge on any atom is 0.145 e. The highest BCUT2D eigenvalue weighted by atomic mass is 16.3. The molecule has 4 heteroatoms. The van der Waals surface area contributed by atoms with E-state index in [9.17, 15) is 5.11 Å². The van der Waals surface area contributed by atoms with Crippen LogP contribution in [0.1, 0.15) is 0 Å². The number of benzene rings is 2. The zero-order valence-corrected chi connectivity index (χ0v) is 9.38. The average molecular weight is 235 g/mol. The summed E-state index contributed by atoms with van der Waals surface area (Å²) in [6.45, 7) is 0. The van der Waals surface area contributed by atoms with E-state index < -0.39 is 0 Å². The number of nitriles is 2. The van der Waals surface area contributed by atoms with E-state index in [2.05, 4.69) is 5.32 Å². The SMILES string of the molecule is N#CC(C#N)=CNc1c(O)ccc2ccccc12. The van der Waals surface area contributed by atoms with Gasteiger partial charge in [-0.15, -0.1) is 0 Å². The van der Waals surface area contributed by atoms with Crippen molar-refractivity contribution in [3.05, 3.63) is 48.2 Å². The Balaban J connectivity index is 2.51. The van der Waals surface area contributed by atoms with Crippen LogP contribution in [-0.4, -0.2) is 5.11 Å². The third-order valence-electron chi connectivity index (χ3n) is 2.51. The van der Waals surface area contributed by atoms with Crippen molar-refractivity contribution in [1.29, 1.82) is 10.5 Å². The predicted molar refractivity (Wildman–Crippen MR) is 68.5 cm³/mol. The third kappa shape index (κ3) is 2.09. The summed E-state index contributed by atoms with van der Waals surface area (Å²) in [7, 11) is 0. The van der Waals surface area contributed by atoms with Crippen molar-refractivity contribution in [2.45, 2.75) is 0 Å². The molecule has 0 saturated heterocycles. The van der Waals surface area contributed by atoms with Crippen molar-refractivity contribution in [3.63, 3.8) is 0 Å². The molecule has 4 nitrogen and oxygen atoms in total. The number of nitrogens with one attached hydrogen (secondary N) is 1. The van der Waals surface area contributed by atoms with Gasteiger partial charge in [0.05, 0.1) is 5.69 Å². The molecule has 0 heterocycles. The van der Waals surface area contributed by atoms with Crippen LogP contribution in [0.2, 0.25) is 0 Å². The minimum Gasteiger partial charge on any atom is -0.506 e. The van der Waals surface area contributed by atoms with Gasteiger partial charge in [0.25, 0.3) is 0 Å². The van der Waals surface area contributed by atoms with Gasteiger partial charge in [0, 0.05) is 11.6 Å². The molecule has 0 fully saturated rings. The number of hydrogen-bond acceptors (Lipinski definition) is 4. The Labute approximate surface area is 104 Å². The summed E-state index contributed by atoms with van der Waals surface area (Å²) >= 11 is 0. The van der Waals surface area contributed by atoms with Crippen LogP contribution in [0.25, 0.3) is 10.8 Å². The lowest BCUT2D eigenvalue weighted by Gasteiger charge is -2.08. The maximum absolute atomic E-state index is 9.81. The summed E-state index contributed by atoms with van der Waals surface area (Å²) in [4.78, 5) is 0. The Morgan fingerprint density at radius 3 is 2.56 bits per heavy atom.